The molecule has 1 fully saturated rings. The number of rotatable bonds is 2. The van der Waals surface area contributed by atoms with Gasteiger partial charge in [0.15, 0.2) is 6.29 Å². The Morgan fingerprint density at radius 3 is 3.00 bits per heavy atom. The molecule has 16 heavy (non-hydrogen) atoms. The van der Waals surface area contributed by atoms with Gasteiger partial charge in [0, 0.05) is 17.7 Å². The van der Waals surface area contributed by atoms with Gasteiger partial charge in [-0.05, 0) is 13.3 Å². The lowest BCUT2D eigenvalue weighted by Crippen LogP contribution is -2.24. The van der Waals surface area contributed by atoms with Crippen molar-refractivity contribution < 1.29 is 14.4 Å². The Kier molecular flexibility index (Phi) is 3.17. The van der Waals surface area contributed by atoms with Gasteiger partial charge in [0.2, 0.25) is 0 Å². The molecular weight excluding hydrogens is 210 g/mol. The number of nitro benzene ring substituents is 1. The Balaban J connectivity index is 2.19. The minimum absolute atomic E-state index is 0.0583. The van der Waals surface area contributed by atoms with Crippen LogP contribution in [0.2, 0.25) is 0 Å². The van der Waals surface area contributed by atoms with Crippen molar-refractivity contribution in [1.29, 1.82) is 0 Å². The van der Waals surface area contributed by atoms with Crippen LogP contribution in [0, 0.1) is 10.1 Å². The maximum Gasteiger partial charge on any atom is 0.269 e. The largest absolute Gasteiger partial charge is 0.348 e. The molecule has 0 saturated carbocycles. The summed E-state index contributed by atoms with van der Waals surface area (Å²) >= 11 is 0. The van der Waals surface area contributed by atoms with Crippen molar-refractivity contribution in [3.05, 3.63) is 39.9 Å². The Hall–Kier alpha value is -1.46. The van der Waals surface area contributed by atoms with Crippen LogP contribution in [0.4, 0.5) is 5.69 Å². The van der Waals surface area contributed by atoms with E-state index in [-0.39, 0.29) is 11.8 Å². The molecule has 0 bridgehead atoms. The molecule has 0 aromatic heterocycles. The van der Waals surface area contributed by atoms with Gasteiger partial charge < -0.3 is 9.47 Å². The molecule has 2 atom stereocenters. The second-order valence-corrected chi connectivity index (χ2v) is 3.79. The minimum atomic E-state index is -0.483. The Labute approximate surface area is 93.1 Å². The summed E-state index contributed by atoms with van der Waals surface area (Å²) in [5.41, 5.74) is 0.753. The summed E-state index contributed by atoms with van der Waals surface area (Å²) in [5.74, 6) is 0. The topological polar surface area (TPSA) is 61.6 Å². The van der Waals surface area contributed by atoms with Gasteiger partial charge in [0.1, 0.15) is 0 Å². The predicted octanol–water partition coefficient (Wildman–Crippen LogP) is 2.42. The van der Waals surface area contributed by atoms with Crippen molar-refractivity contribution in [2.24, 2.45) is 0 Å². The molecule has 1 aromatic carbocycles. The molecule has 5 heteroatoms. The summed E-state index contributed by atoms with van der Waals surface area (Å²) in [6.07, 6.45) is 0.493. The summed E-state index contributed by atoms with van der Waals surface area (Å²) in [4.78, 5) is 10.2. The van der Waals surface area contributed by atoms with Gasteiger partial charge in [-0.3, -0.25) is 10.1 Å². The average molecular weight is 223 g/mol. The van der Waals surface area contributed by atoms with E-state index in [1.807, 2.05) is 6.92 Å². The van der Waals surface area contributed by atoms with Gasteiger partial charge in [-0.15, -0.1) is 0 Å². The number of ether oxygens (including phenoxy) is 2. The molecule has 0 N–H and O–H groups in total. The molecule has 86 valence electrons. The maximum atomic E-state index is 10.6. The van der Waals surface area contributed by atoms with Crippen LogP contribution in [-0.2, 0) is 9.47 Å². The van der Waals surface area contributed by atoms with E-state index in [0.717, 1.165) is 6.42 Å². The summed E-state index contributed by atoms with van der Waals surface area (Å²) in [6.45, 7) is 2.58. The van der Waals surface area contributed by atoms with E-state index >= 15 is 0 Å². The zero-order chi connectivity index (χ0) is 11.5. The Morgan fingerprint density at radius 2 is 2.31 bits per heavy atom. The highest BCUT2D eigenvalue weighted by Crippen LogP contribution is 2.28. The third-order valence-electron chi connectivity index (χ3n) is 2.50. The summed E-state index contributed by atoms with van der Waals surface area (Å²) in [7, 11) is 0. The van der Waals surface area contributed by atoms with Crippen molar-refractivity contribution >= 4 is 5.69 Å². The highest BCUT2D eigenvalue weighted by molar-refractivity contribution is 5.34. The molecule has 0 radical (unpaired) electrons. The fourth-order valence-corrected chi connectivity index (χ4v) is 1.62. The van der Waals surface area contributed by atoms with Crippen molar-refractivity contribution in [1.82, 2.24) is 0 Å². The fraction of sp³-hybridized carbons (Fsp3) is 0.455. The second kappa shape index (κ2) is 4.59. The zero-order valence-electron chi connectivity index (χ0n) is 8.96. The number of benzene rings is 1. The molecule has 2 rings (SSSR count). The van der Waals surface area contributed by atoms with E-state index in [1.54, 1.807) is 12.1 Å². The predicted molar refractivity (Wildman–Crippen MR) is 57.0 cm³/mol. The van der Waals surface area contributed by atoms with E-state index in [9.17, 15) is 10.1 Å². The first-order valence-electron chi connectivity index (χ1n) is 5.18. The van der Waals surface area contributed by atoms with Crippen LogP contribution in [0.25, 0.3) is 0 Å². The van der Waals surface area contributed by atoms with Crippen molar-refractivity contribution in [3.8, 4) is 0 Å². The van der Waals surface area contributed by atoms with Crippen molar-refractivity contribution in [2.75, 3.05) is 6.61 Å². The van der Waals surface area contributed by atoms with Gasteiger partial charge in [-0.2, -0.15) is 0 Å². The van der Waals surface area contributed by atoms with Crippen LogP contribution in [-0.4, -0.2) is 17.6 Å². The standard InChI is InChI=1S/C11H13NO4/c1-8-5-6-15-11(16-8)9-3-2-4-10(7-9)12(13)14/h2-4,7-8,11H,5-6H2,1H3/t8-,11-/m1/s1. The number of hydrogen-bond donors (Lipinski definition) is 0. The molecule has 0 amide bonds. The van der Waals surface area contributed by atoms with Gasteiger partial charge in [-0.25, -0.2) is 0 Å². The van der Waals surface area contributed by atoms with Crippen LogP contribution in [0.15, 0.2) is 24.3 Å². The number of nitro groups is 1. The zero-order valence-corrected chi connectivity index (χ0v) is 8.96. The Bertz CT molecular complexity index is 393. The van der Waals surface area contributed by atoms with Crippen LogP contribution in [0.5, 0.6) is 0 Å². The molecule has 0 unspecified atom stereocenters. The van der Waals surface area contributed by atoms with E-state index in [0.29, 0.717) is 12.2 Å². The molecule has 1 saturated heterocycles. The lowest BCUT2D eigenvalue weighted by Gasteiger charge is -2.28. The molecule has 1 aliphatic heterocycles. The first kappa shape index (κ1) is 11.0. The minimum Gasteiger partial charge on any atom is -0.348 e. The Morgan fingerprint density at radius 1 is 1.50 bits per heavy atom. The molecule has 0 aliphatic carbocycles. The van der Waals surface area contributed by atoms with E-state index < -0.39 is 11.2 Å². The van der Waals surface area contributed by atoms with Crippen LogP contribution in [0.3, 0.4) is 0 Å². The van der Waals surface area contributed by atoms with Gasteiger partial charge in [0.05, 0.1) is 17.6 Å². The highest BCUT2D eigenvalue weighted by Gasteiger charge is 2.22. The fourth-order valence-electron chi connectivity index (χ4n) is 1.62. The number of hydrogen-bond acceptors (Lipinski definition) is 4. The lowest BCUT2D eigenvalue weighted by atomic mass is 10.1. The van der Waals surface area contributed by atoms with Gasteiger partial charge >= 0.3 is 0 Å². The van der Waals surface area contributed by atoms with Crippen molar-refractivity contribution in [2.45, 2.75) is 25.7 Å². The maximum absolute atomic E-state index is 10.6. The van der Waals surface area contributed by atoms with Crippen LogP contribution >= 0.6 is 0 Å². The number of nitrogens with zero attached hydrogens (tertiary/aromatic N) is 1. The first-order chi connectivity index (χ1) is 7.66. The normalized spacial score (nSPS) is 25.3. The third kappa shape index (κ3) is 2.37. The first-order valence-corrected chi connectivity index (χ1v) is 5.18. The average Bonchev–Trinajstić information content (AvgIpc) is 2.29. The number of non-ortho nitro benzene ring substituents is 1. The van der Waals surface area contributed by atoms with E-state index in [1.165, 1.54) is 12.1 Å². The summed E-state index contributed by atoms with van der Waals surface area (Å²) < 4.78 is 11.0. The van der Waals surface area contributed by atoms with Crippen LogP contribution < -0.4 is 0 Å². The molecule has 1 heterocycles. The highest BCUT2D eigenvalue weighted by atomic mass is 16.7. The molecule has 5 nitrogen and oxygen atoms in total. The van der Waals surface area contributed by atoms with E-state index in [2.05, 4.69) is 0 Å². The molecule has 0 spiro atoms. The third-order valence-corrected chi connectivity index (χ3v) is 2.50. The summed E-state index contributed by atoms with van der Waals surface area (Å²) in [5, 5.41) is 10.6. The monoisotopic (exact) mass is 223 g/mol. The second-order valence-electron chi connectivity index (χ2n) is 3.79. The van der Waals surface area contributed by atoms with Crippen LogP contribution in [0.1, 0.15) is 25.2 Å². The quantitative estimate of drug-likeness (QED) is 0.570. The molecule has 1 aromatic rings. The molecular formula is C11H13NO4. The molecule has 1 aliphatic rings. The van der Waals surface area contributed by atoms with Gasteiger partial charge in [0.25, 0.3) is 5.69 Å². The smallest absolute Gasteiger partial charge is 0.269 e. The van der Waals surface area contributed by atoms with Crippen molar-refractivity contribution in [3.63, 3.8) is 0 Å². The van der Waals surface area contributed by atoms with E-state index in [4.69, 9.17) is 9.47 Å². The SMILES string of the molecule is C[C@@H]1CCO[C@@H](c2cccc([N+](=O)[O-])c2)O1. The summed E-state index contributed by atoms with van der Waals surface area (Å²) in [6, 6.07) is 6.35. The van der Waals surface area contributed by atoms with Gasteiger partial charge in [-0.1, -0.05) is 12.1 Å². The lowest BCUT2D eigenvalue weighted by molar-refractivity contribution is -0.385.